The molecule has 0 radical (unpaired) electrons. The predicted octanol–water partition coefficient (Wildman–Crippen LogP) is 6.90. The Kier molecular flexibility index (Phi) is 6.83. The molecule has 29 heavy (non-hydrogen) atoms. The number of benzene rings is 2. The lowest BCUT2D eigenvalue weighted by Gasteiger charge is -2.42. The summed E-state index contributed by atoms with van der Waals surface area (Å²) in [5.41, 5.74) is 3.96. The Bertz CT molecular complexity index is 871. The van der Waals surface area contributed by atoms with E-state index in [1.165, 1.54) is 29.8 Å². The lowest BCUT2D eigenvalue weighted by molar-refractivity contribution is -0.133. The molecule has 0 bridgehead atoms. The largest absolute Gasteiger partial charge is 0.325 e. The van der Waals surface area contributed by atoms with Crippen LogP contribution in [-0.4, -0.2) is 10.8 Å². The number of halogens is 2. The van der Waals surface area contributed by atoms with E-state index in [1.54, 1.807) is 24.3 Å². The monoisotopic (exact) mass is 397 g/mol. The normalized spacial score (nSPS) is 18.3. The molecule has 0 fully saturated rings. The van der Waals surface area contributed by atoms with Crippen molar-refractivity contribution in [3.8, 4) is 0 Å². The summed E-state index contributed by atoms with van der Waals surface area (Å²) < 4.78 is 26.9. The van der Waals surface area contributed by atoms with E-state index >= 15 is 0 Å². The zero-order valence-corrected chi connectivity index (χ0v) is 17.4. The zero-order chi connectivity index (χ0) is 21.0. The van der Waals surface area contributed by atoms with Crippen molar-refractivity contribution in [3.63, 3.8) is 0 Å². The van der Waals surface area contributed by atoms with Crippen molar-refractivity contribution in [1.29, 1.82) is 0 Å². The van der Waals surface area contributed by atoms with Crippen molar-refractivity contribution in [1.82, 2.24) is 4.90 Å². The molecule has 0 aromatic heterocycles. The highest BCUT2D eigenvalue weighted by molar-refractivity contribution is 5.96. The maximum atomic E-state index is 13.7. The number of carbonyl (C=O) groups is 1. The first-order valence-electron chi connectivity index (χ1n) is 10.5. The van der Waals surface area contributed by atoms with Crippen molar-refractivity contribution in [2.24, 2.45) is 0 Å². The third kappa shape index (κ3) is 4.58. The number of hydrogen-bond donors (Lipinski definition) is 0. The molecule has 2 nitrogen and oxygen atoms in total. The molecule has 0 unspecified atom stereocenters. The van der Waals surface area contributed by atoms with Crippen LogP contribution in [0.1, 0.15) is 76.1 Å². The second-order valence-corrected chi connectivity index (χ2v) is 7.79. The van der Waals surface area contributed by atoms with Crippen LogP contribution < -0.4 is 0 Å². The van der Waals surface area contributed by atoms with E-state index in [4.69, 9.17) is 0 Å². The number of hydrogen-bond acceptors (Lipinski definition) is 1. The van der Waals surface area contributed by atoms with Crippen LogP contribution in [0, 0.1) is 11.6 Å². The minimum absolute atomic E-state index is 0.0488. The van der Waals surface area contributed by atoms with Crippen molar-refractivity contribution in [2.75, 3.05) is 0 Å². The molecule has 0 saturated heterocycles. The maximum absolute atomic E-state index is 13.7. The first-order chi connectivity index (χ1) is 14.0. The molecule has 2 atom stereocenters. The van der Waals surface area contributed by atoms with Gasteiger partial charge in [0.1, 0.15) is 11.6 Å². The van der Waals surface area contributed by atoms with E-state index in [1.807, 2.05) is 11.8 Å². The molecule has 2 aromatic carbocycles. The molecule has 0 saturated carbocycles. The van der Waals surface area contributed by atoms with Gasteiger partial charge < -0.3 is 4.90 Å². The summed E-state index contributed by atoms with van der Waals surface area (Å²) in [5.74, 6) is -0.532. The van der Waals surface area contributed by atoms with Gasteiger partial charge in [-0.2, -0.15) is 0 Å². The molecule has 1 aliphatic rings. The Hall–Kier alpha value is -2.49. The Morgan fingerprint density at radius 1 is 0.931 bits per heavy atom. The molecule has 0 aliphatic carbocycles. The Morgan fingerprint density at radius 3 is 2.03 bits per heavy atom. The number of carbonyl (C=O) groups excluding carboxylic acids is 1. The summed E-state index contributed by atoms with van der Waals surface area (Å²) in [6.45, 7) is 6.20. The molecule has 4 heteroatoms. The van der Waals surface area contributed by atoms with Crippen LogP contribution in [0.5, 0.6) is 0 Å². The molecule has 1 aliphatic heterocycles. The van der Waals surface area contributed by atoms with E-state index < -0.39 is 0 Å². The summed E-state index contributed by atoms with van der Waals surface area (Å²) in [6, 6.07) is 12.4. The fourth-order valence-electron chi connectivity index (χ4n) is 4.30. The van der Waals surface area contributed by atoms with Gasteiger partial charge in [-0.1, -0.05) is 56.5 Å². The van der Waals surface area contributed by atoms with Gasteiger partial charge >= 0.3 is 0 Å². The average Bonchev–Trinajstić information content (AvgIpc) is 2.71. The molecule has 1 heterocycles. The second kappa shape index (κ2) is 9.34. The Labute approximate surface area is 172 Å². The fourth-order valence-corrected chi connectivity index (χ4v) is 4.30. The third-order valence-electron chi connectivity index (χ3n) is 5.77. The molecule has 0 spiro atoms. The maximum Gasteiger partial charge on any atom is 0.250 e. The molecule has 2 aromatic rings. The summed E-state index contributed by atoms with van der Waals surface area (Å²) in [7, 11) is 0. The number of nitrogens with zero attached hydrogens (tertiary/aromatic N) is 1. The predicted molar refractivity (Wildman–Crippen MR) is 112 cm³/mol. The van der Waals surface area contributed by atoms with Gasteiger partial charge in [0.05, 0.1) is 12.1 Å². The fraction of sp³-hybridized carbons (Fsp3) is 0.400. The highest BCUT2D eigenvalue weighted by Crippen LogP contribution is 2.42. The van der Waals surface area contributed by atoms with E-state index in [-0.39, 0.29) is 29.6 Å². The van der Waals surface area contributed by atoms with E-state index in [0.29, 0.717) is 0 Å². The minimum Gasteiger partial charge on any atom is -0.325 e. The summed E-state index contributed by atoms with van der Waals surface area (Å²) >= 11 is 0. The SMILES string of the molecule is CCCC1=C(CCC)C(=O)N([C@H](C)c2ccc(F)cc2)[C@@H](c2ccc(F)cc2)C1. The number of rotatable bonds is 7. The van der Waals surface area contributed by atoms with Crippen LogP contribution in [0.4, 0.5) is 8.78 Å². The highest BCUT2D eigenvalue weighted by Gasteiger charge is 2.37. The topological polar surface area (TPSA) is 20.3 Å². The van der Waals surface area contributed by atoms with Gasteiger partial charge in [0, 0.05) is 5.57 Å². The smallest absolute Gasteiger partial charge is 0.250 e. The lowest BCUT2D eigenvalue weighted by atomic mass is 9.84. The molecule has 3 rings (SSSR count). The van der Waals surface area contributed by atoms with Gasteiger partial charge in [0.25, 0.3) is 5.91 Å². The standard InChI is InChI=1S/C25H29F2NO/c1-4-6-20-16-24(19-10-14-22(27)15-11-19)28(25(29)23(20)7-5-2)17(3)18-8-12-21(26)13-9-18/h8-15,17,24H,4-7,16H2,1-3H3/t17-,24-/m1/s1. The van der Waals surface area contributed by atoms with Crippen LogP contribution in [0.15, 0.2) is 59.7 Å². The van der Waals surface area contributed by atoms with Crippen molar-refractivity contribution in [2.45, 2.75) is 65.0 Å². The average molecular weight is 398 g/mol. The highest BCUT2D eigenvalue weighted by atomic mass is 19.1. The van der Waals surface area contributed by atoms with Gasteiger partial charge in [-0.3, -0.25) is 4.79 Å². The molecule has 154 valence electrons. The van der Waals surface area contributed by atoms with Gasteiger partial charge in [0.15, 0.2) is 0 Å². The van der Waals surface area contributed by atoms with Gasteiger partial charge in [-0.15, -0.1) is 0 Å². The summed E-state index contributed by atoms with van der Waals surface area (Å²) in [6.07, 6.45) is 4.31. The van der Waals surface area contributed by atoms with Gasteiger partial charge in [0.2, 0.25) is 0 Å². The van der Waals surface area contributed by atoms with Crippen LogP contribution in [0.2, 0.25) is 0 Å². The van der Waals surface area contributed by atoms with Crippen LogP contribution in [0.3, 0.4) is 0 Å². The number of amides is 1. The zero-order valence-electron chi connectivity index (χ0n) is 17.4. The van der Waals surface area contributed by atoms with Crippen LogP contribution >= 0.6 is 0 Å². The Balaban J connectivity index is 2.07. The molecule has 0 N–H and O–H groups in total. The second-order valence-electron chi connectivity index (χ2n) is 7.79. The summed E-state index contributed by atoms with van der Waals surface area (Å²) in [4.78, 5) is 15.6. The van der Waals surface area contributed by atoms with Crippen molar-refractivity contribution in [3.05, 3.63) is 82.4 Å². The molecule has 1 amide bonds. The van der Waals surface area contributed by atoms with E-state index in [9.17, 15) is 13.6 Å². The first-order valence-corrected chi connectivity index (χ1v) is 10.5. The third-order valence-corrected chi connectivity index (χ3v) is 5.77. The van der Waals surface area contributed by atoms with Crippen molar-refractivity contribution >= 4 is 5.91 Å². The molecular weight excluding hydrogens is 368 g/mol. The van der Waals surface area contributed by atoms with Crippen LogP contribution in [-0.2, 0) is 4.79 Å². The van der Waals surface area contributed by atoms with Gasteiger partial charge in [-0.05, 0) is 61.6 Å². The quantitative estimate of drug-likeness (QED) is 0.498. The van der Waals surface area contributed by atoms with Crippen LogP contribution in [0.25, 0.3) is 0 Å². The minimum atomic E-state index is -0.294. The summed E-state index contributed by atoms with van der Waals surface area (Å²) in [5, 5.41) is 0. The molecular formula is C25H29F2NO. The first kappa shape index (κ1) is 21.2. The Morgan fingerprint density at radius 2 is 1.48 bits per heavy atom. The lowest BCUT2D eigenvalue weighted by Crippen LogP contribution is -2.41. The van der Waals surface area contributed by atoms with E-state index in [0.717, 1.165) is 48.8 Å². The van der Waals surface area contributed by atoms with Gasteiger partial charge in [-0.25, -0.2) is 8.78 Å². The van der Waals surface area contributed by atoms with E-state index in [2.05, 4.69) is 13.8 Å². The van der Waals surface area contributed by atoms with Crippen molar-refractivity contribution < 1.29 is 13.6 Å².